The Morgan fingerprint density at radius 2 is 1.94 bits per heavy atom. The molecule has 0 spiro atoms. The summed E-state index contributed by atoms with van der Waals surface area (Å²) in [6.07, 6.45) is -4.77. The van der Waals surface area contributed by atoms with Crippen LogP contribution >= 0.6 is 11.6 Å². The second kappa shape index (κ2) is 10.4. The van der Waals surface area contributed by atoms with Crippen LogP contribution in [-0.4, -0.2) is 18.7 Å². The smallest absolute Gasteiger partial charge is 0.364 e. The minimum Gasteiger partial charge on any atom is -0.364 e. The first kappa shape index (κ1) is 24.4. The van der Waals surface area contributed by atoms with Crippen LogP contribution in [0, 0.1) is 5.82 Å². The molecule has 0 radical (unpaired) electrons. The third kappa shape index (κ3) is 7.09. The highest BCUT2D eigenvalue weighted by Gasteiger charge is 2.36. The summed E-state index contributed by atoms with van der Waals surface area (Å²) in [5.41, 5.74) is 1.23. The zero-order chi connectivity index (χ0) is 23.2. The standard InChI is InChI=1S/C21H20ClF4N3O2/c1-13(28-12-30)7-20(29(27)19-5-3-17(22)4-6-19)16-8-15(9-18(23)10-16)11-31-14(2)21(24,25)26/h3-10,12,14H,1,11,27H2,2H3,(H,28,30)/b20-7-/t14-/m1/s1. The van der Waals surface area contributed by atoms with Crippen LogP contribution in [0.5, 0.6) is 0 Å². The van der Waals surface area contributed by atoms with Crippen molar-refractivity contribution < 1.29 is 27.1 Å². The molecular weight excluding hydrogens is 438 g/mol. The summed E-state index contributed by atoms with van der Waals surface area (Å²) in [5.74, 6) is 5.50. The maximum atomic E-state index is 14.3. The summed E-state index contributed by atoms with van der Waals surface area (Å²) >= 11 is 5.89. The van der Waals surface area contributed by atoms with Gasteiger partial charge in [-0.25, -0.2) is 10.2 Å². The first-order valence-electron chi connectivity index (χ1n) is 8.90. The maximum Gasteiger partial charge on any atom is 0.414 e. The molecule has 1 atom stereocenters. The van der Waals surface area contributed by atoms with E-state index >= 15 is 0 Å². The van der Waals surface area contributed by atoms with E-state index in [0.717, 1.165) is 19.1 Å². The molecule has 0 bridgehead atoms. The summed E-state index contributed by atoms with van der Waals surface area (Å²) in [5, 5.41) is 4.02. The fraction of sp³-hybridized carbons (Fsp3) is 0.190. The lowest BCUT2D eigenvalue weighted by Crippen LogP contribution is -2.30. The lowest BCUT2D eigenvalue weighted by atomic mass is 10.1. The van der Waals surface area contributed by atoms with Crippen molar-refractivity contribution in [3.8, 4) is 0 Å². The van der Waals surface area contributed by atoms with Crippen LogP contribution in [0.2, 0.25) is 5.02 Å². The van der Waals surface area contributed by atoms with E-state index in [2.05, 4.69) is 11.9 Å². The molecule has 5 nitrogen and oxygen atoms in total. The van der Waals surface area contributed by atoms with Gasteiger partial charge in [-0.1, -0.05) is 18.2 Å². The van der Waals surface area contributed by atoms with E-state index in [4.69, 9.17) is 22.2 Å². The number of allylic oxidation sites excluding steroid dienone is 1. The number of anilines is 1. The zero-order valence-corrected chi connectivity index (χ0v) is 17.2. The van der Waals surface area contributed by atoms with Crippen LogP contribution in [0.4, 0.5) is 23.2 Å². The van der Waals surface area contributed by atoms with Gasteiger partial charge < -0.3 is 10.1 Å². The summed E-state index contributed by atoms with van der Waals surface area (Å²) in [7, 11) is 0. The average Bonchev–Trinajstić information content (AvgIpc) is 2.69. The zero-order valence-electron chi connectivity index (χ0n) is 16.4. The van der Waals surface area contributed by atoms with Crippen molar-refractivity contribution in [1.29, 1.82) is 0 Å². The van der Waals surface area contributed by atoms with Crippen LogP contribution in [0.1, 0.15) is 18.1 Å². The van der Waals surface area contributed by atoms with Crippen LogP contribution in [0.25, 0.3) is 5.70 Å². The number of hydrogen-bond acceptors (Lipinski definition) is 4. The Morgan fingerprint density at radius 3 is 2.52 bits per heavy atom. The Hall–Kier alpha value is -2.88. The molecule has 31 heavy (non-hydrogen) atoms. The Morgan fingerprint density at radius 1 is 1.29 bits per heavy atom. The number of carbonyl (C=O) groups is 1. The van der Waals surface area contributed by atoms with Crippen LogP contribution in [0.3, 0.4) is 0 Å². The van der Waals surface area contributed by atoms with E-state index in [1.807, 2.05) is 0 Å². The number of carbonyl (C=O) groups excluding carboxylic acids is 1. The SMILES string of the molecule is C=C(/C=C(/c1cc(F)cc(CO[C@H](C)C(F)(F)F)c1)N(N)c1ccc(Cl)cc1)NC=O. The van der Waals surface area contributed by atoms with Crippen molar-refractivity contribution >= 4 is 29.4 Å². The van der Waals surface area contributed by atoms with E-state index in [9.17, 15) is 22.4 Å². The quantitative estimate of drug-likeness (QED) is 0.184. The fourth-order valence-electron chi connectivity index (χ4n) is 2.51. The second-order valence-corrected chi connectivity index (χ2v) is 6.94. The van der Waals surface area contributed by atoms with E-state index < -0.39 is 24.7 Å². The van der Waals surface area contributed by atoms with Gasteiger partial charge in [0.25, 0.3) is 0 Å². The fourth-order valence-corrected chi connectivity index (χ4v) is 2.64. The van der Waals surface area contributed by atoms with Crippen molar-refractivity contribution in [2.75, 3.05) is 5.01 Å². The Balaban J connectivity index is 2.43. The molecule has 0 fully saturated rings. The lowest BCUT2D eigenvalue weighted by Gasteiger charge is -2.24. The van der Waals surface area contributed by atoms with Gasteiger partial charge in [-0.15, -0.1) is 0 Å². The summed E-state index contributed by atoms with van der Waals surface area (Å²) < 4.78 is 57.2. The molecule has 2 rings (SSSR count). The molecule has 0 unspecified atom stereocenters. The first-order chi connectivity index (χ1) is 14.5. The number of benzene rings is 2. The van der Waals surface area contributed by atoms with Crippen molar-refractivity contribution in [3.63, 3.8) is 0 Å². The molecular formula is C21H20ClF4N3O2. The molecule has 2 aromatic carbocycles. The molecule has 1 amide bonds. The molecule has 2 aromatic rings. The van der Waals surface area contributed by atoms with Gasteiger partial charge in [0.05, 0.1) is 18.0 Å². The average molecular weight is 458 g/mol. The largest absolute Gasteiger partial charge is 0.414 e. The molecule has 10 heteroatoms. The number of amides is 1. The molecule has 0 saturated carbocycles. The number of ether oxygens (including phenoxy) is 1. The number of alkyl halides is 3. The molecule has 0 aromatic heterocycles. The topological polar surface area (TPSA) is 67.6 Å². The summed E-state index contributed by atoms with van der Waals surface area (Å²) in [6, 6.07) is 10.0. The first-order valence-corrected chi connectivity index (χ1v) is 9.28. The molecule has 3 N–H and O–H groups in total. The number of nitrogens with one attached hydrogen (secondary N) is 1. The van der Waals surface area contributed by atoms with Crippen LogP contribution < -0.4 is 16.2 Å². The van der Waals surface area contributed by atoms with Crippen molar-refractivity contribution in [2.24, 2.45) is 5.84 Å². The van der Waals surface area contributed by atoms with E-state index in [0.29, 0.717) is 17.1 Å². The number of hydrazine groups is 1. The molecule has 0 aliphatic heterocycles. The third-order valence-corrected chi connectivity index (χ3v) is 4.39. The number of hydrogen-bond donors (Lipinski definition) is 2. The number of rotatable bonds is 9. The van der Waals surface area contributed by atoms with Gasteiger partial charge in [0, 0.05) is 16.3 Å². The highest BCUT2D eigenvalue weighted by atomic mass is 35.5. The Kier molecular flexibility index (Phi) is 8.21. The highest BCUT2D eigenvalue weighted by Crippen LogP contribution is 2.28. The lowest BCUT2D eigenvalue weighted by molar-refractivity contribution is -0.217. The van der Waals surface area contributed by atoms with Crippen LogP contribution in [0.15, 0.2) is 60.8 Å². The minimum absolute atomic E-state index is 0.155. The van der Waals surface area contributed by atoms with Crippen molar-refractivity contribution in [2.45, 2.75) is 25.8 Å². The van der Waals surface area contributed by atoms with E-state index in [1.165, 1.54) is 17.2 Å². The second-order valence-electron chi connectivity index (χ2n) is 6.51. The number of nitrogens with zero attached hydrogens (tertiary/aromatic N) is 1. The number of nitrogens with two attached hydrogens (primary N) is 1. The van der Waals surface area contributed by atoms with Crippen molar-refractivity contribution in [3.05, 3.63) is 82.8 Å². The van der Waals surface area contributed by atoms with Gasteiger partial charge in [-0.2, -0.15) is 13.2 Å². The highest BCUT2D eigenvalue weighted by molar-refractivity contribution is 6.30. The third-order valence-electron chi connectivity index (χ3n) is 4.13. The van der Waals surface area contributed by atoms with Gasteiger partial charge in [-0.05, 0) is 61.0 Å². The predicted molar refractivity (Wildman–Crippen MR) is 111 cm³/mol. The molecule has 0 heterocycles. The van der Waals surface area contributed by atoms with E-state index in [1.54, 1.807) is 24.3 Å². The molecule has 0 saturated heterocycles. The summed E-state index contributed by atoms with van der Waals surface area (Å²) in [4.78, 5) is 10.7. The van der Waals surface area contributed by atoms with Gasteiger partial charge in [0.15, 0.2) is 6.10 Å². The van der Waals surface area contributed by atoms with Crippen molar-refractivity contribution in [1.82, 2.24) is 5.32 Å². The molecule has 0 aliphatic rings. The predicted octanol–water partition coefficient (Wildman–Crippen LogP) is 4.93. The number of halogens is 5. The molecule has 166 valence electrons. The van der Waals surface area contributed by atoms with Gasteiger partial charge in [-0.3, -0.25) is 9.80 Å². The Labute approximate surface area is 181 Å². The monoisotopic (exact) mass is 457 g/mol. The molecule has 0 aliphatic carbocycles. The van der Waals surface area contributed by atoms with Gasteiger partial charge in [0.2, 0.25) is 6.41 Å². The normalized spacial score (nSPS) is 12.9. The van der Waals surface area contributed by atoms with E-state index in [-0.39, 0.29) is 22.5 Å². The minimum atomic E-state index is -4.54. The summed E-state index contributed by atoms with van der Waals surface area (Å²) in [6.45, 7) is 4.06. The Bertz CT molecular complexity index is 962. The van der Waals surface area contributed by atoms with Gasteiger partial charge >= 0.3 is 6.18 Å². The van der Waals surface area contributed by atoms with Gasteiger partial charge in [0.1, 0.15) is 5.82 Å². The van der Waals surface area contributed by atoms with Crippen LogP contribution in [-0.2, 0) is 16.1 Å². The maximum absolute atomic E-state index is 14.3.